The van der Waals surface area contributed by atoms with Crippen molar-refractivity contribution < 1.29 is 9.21 Å². The average molecular weight is 322 g/mol. The van der Waals surface area contributed by atoms with Crippen molar-refractivity contribution in [2.45, 2.75) is 26.3 Å². The van der Waals surface area contributed by atoms with Gasteiger partial charge >= 0.3 is 0 Å². The first-order valence-electron chi connectivity index (χ1n) is 8.05. The van der Waals surface area contributed by atoms with Gasteiger partial charge in [0.2, 0.25) is 11.8 Å². The van der Waals surface area contributed by atoms with Crippen LogP contribution in [0.5, 0.6) is 0 Å². The first-order chi connectivity index (χ1) is 11.7. The van der Waals surface area contributed by atoms with Crippen molar-refractivity contribution in [1.82, 2.24) is 14.8 Å². The van der Waals surface area contributed by atoms with Gasteiger partial charge in [-0.1, -0.05) is 29.8 Å². The van der Waals surface area contributed by atoms with Gasteiger partial charge in [0.05, 0.1) is 6.26 Å². The number of rotatable bonds is 5. The molecule has 1 aromatic carbocycles. The lowest BCUT2D eigenvalue weighted by Crippen LogP contribution is -2.18. The zero-order valence-corrected chi connectivity index (χ0v) is 13.4. The van der Waals surface area contributed by atoms with Crippen LogP contribution < -0.4 is 5.32 Å². The van der Waals surface area contributed by atoms with Crippen molar-refractivity contribution >= 4 is 11.9 Å². The molecule has 0 spiro atoms. The van der Waals surface area contributed by atoms with Crippen LogP contribution in [0.1, 0.15) is 28.8 Å². The van der Waals surface area contributed by atoms with Crippen LogP contribution in [-0.4, -0.2) is 20.7 Å². The van der Waals surface area contributed by atoms with Gasteiger partial charge in [-0.3, -0.25) is 4.79 Å². The Labute approximate surface area is 139 Å². The summed E-state index contributed by atoms with van der Waals surface area (Å²) in [7, 11) is 0. The van der Waals surface area contributed by atoms with E-state index < -0.39 is 0 Å². The van der Waals surface area contributed by atoms with E-state index in [1.54, 1.807) is 18.4 Å². The summed E-state index contributed by atoms with van der Waals surface area (Å²) in [5, 5.41) is 7.56. The lowest BCUT2D eigenvalue weighted by Gasteiger charge is -2.07. The molecular formula is C18H18N4O2. The molecule has 3 aromatic rings. The molecule has 0 atom stereocenters. The first-order valence-corrected chi connectivity index (χ1v) is 8.05. The van der Waals surface area contributed by atoms with Crippen LogP contribution in [0, 0.1) is 12.8 Å². The number of nitrogens with zero attached hydrogens (tertiary/aromatic N) is 3. The molecule has 1 aliphatic rings. The molecule has 1 fully saturated rings. The molecule has 4 rings (SSSR count). The van der Waals surface area contributed by atoms with E-state index in [2.05, 4.69) is 46.6 Å². The third-order valence-corrected chi connectivity index (χ3v) is 4.06. The Bertz CT molecular complexity index is 846. The van der Waals surface area contributed by atoms with Gasteiger partial charge in [0.25, 0.3) is 5.91 Å². The highest BCUT2D eigenvalue weighted by molar-refractivity contribution is 5.85. The number of anilines is 1. The molecule has 0 bridgehead atoms. The molecule has 0 saturated heterocycles. The molecule has 2 heterocycles. The van der Waals surface area contributed by atoms with Crippen LogP contribution in [0.3, 0.4) is 0 Å². The number of furan rings is 1. The minimum Gasteiger partial charge on any atom is -0.461 e. The third kappa shape index (κ3) is 2.95. The number of hydrogen-bond acceptors (Lipinski definition) is 5. The molecule has 24 heavy (non-hydrogen) atoms. The minimum absolute atomic E-state index is 0.00767. The van der Waals surface area contributed by atoms with Crippen molar-refractivity contribution in [3.63, 3.8) is 0 Å². The summed E-state index contributed by atoms with van der Waals surface area (Å²) in [4.78, 5) is 16.9. The predicted molar refractivity (Wildman–Crippen MR) is 89.6 cm³/mol. The quantitative estimate of drug-likeness (QED) is 0.778. The maximum absolute atomic E-state index is 12.5. The molecule has 6 nitrogen and oxygen atoms in total. The Morgan fingerprint density at radius 2 is 2.08 bits per heavy atom. The van der Waals surface area contributed by atoms with Crippen molar-refractivity contribution in [2.75, 3.05) is 5.32 Å². The number of aromatic nitrogens is 3. The molecule has 0 aliphatic heterocycles. The van der Waals surface area contributed by atoms with Gasteiger partial charge in [0.1, 0.15) is 0 Å². The first kappa shape index (κ1) is 14.7. The maximum atomic E-state index is 12.5. The van der Waals surface area contributed by atoms with Crippen LogP contribution in [0.25, 0.3) is 11.6 Å². The second-order valence-electron chi connectivity index (χ2n) is 6.10. The Hall–Kier alpha value is -2.89. The number of carbonyl (C=O) groups is 1. The fraction of sp³-hybridized carbons (Fsp3) is 0.278. The van der Waals surface area contributed by atoms with E-state index in [1.165, 1.54) is 10.2 Å². The van der Waals surface area contributed by atoms with E-state index in [1.807, 2.05) is 0 Å². The van der Waals surface area contributed by atoms with E-state index in [0.717, 1.165) is 18.4 Å². The van der Waals surface area contributed by atoms with Crippen molar-refractivity contribution in [3.8, 4) is 11.6 Å². The van der Waals surface area contributed by atoms with Crippen LogP contribution >= 0.6 is 0 Å². The highest BCUT2D eigenvalue weighted by atomic mass is 16.3. The molecule has 1 aliphatic carbocycles. The second-order valence-corrected chi connectivity index (χ2v) is 6.10. The van der Waals surface area contributed by atoms with Gasteiger partial charge in [-0.05, 0) is 37.5 Å². The molecule has 6 heteroatoms. The van der Waals surface area contributed by atoms with Gasteiger partial charge in [0.15, 0.2) is 5.76 Å². The van der Waals surface area contributed by atoms with Crippen LogP contribution in [-0.2, 0) is 6.54 Å². The van der Waals surface area contributed by atoms with Crippen molar-refractivity contribution in [1.29, 1.82) is 0 Å². The fourth-order valence-electron chi connectivity index (χ4n) is 2.48. The standard InChI is InChI=1S/C18H18N4O2/c1-12-4-6-13(7-5-12)11-19-18-20-16(15-3-2-10-24-15)21-22(18)17(23)14-8-9-14/h2-7,10,14H,8-9,11H2,1H3,(H,19,20,21). The zero-order valence-electron chi connectivity index (χ0n) is 13.4. The molecular weight excluding hydrogens is 304 g/mol. The minimum atomic E-state index is -0.00767. The molecule has 0 radical (unpaired) electrons. The normalized spacial score (nSPS) is 13.9. The van der Waals surface area contributed by atoms with Gasteiger partial charge < -0.3 is 9.73 Å². The van der Waals surface area contributed by atoms with Crippen LogP contribution in [0.15, 0.2) is 47.1 Å². The smallest absolute Gasteiger partial charge is 0.253 e. The predicted octanol–water partition coefficient (Wildman–Crippen LogP) is 3.51. The van der Waals surface area contributed by atoms with Gasteiger partial charge in [-0.2, -0.15) is 9.67 Å². The number of nitrogens with one attached hydrogen (secondary N) is 1. The summed E-state index contributed by atoms with van der Waals surface area (Å²) in [6.45, 7) is 2.63. The topological polar surface area (TPSA) is 73.0 Å². The van der Waals surface area contributed by atoms with E-state index in [-0.39, 0.29) is 11.8 Å². The molecule has 0 unspecified atom stereocenters. The summed E-state index contributed by atoms with van der Waals surface area (Å²) < 4.78 is 6.72. The summed E-state index contributed by atoms with van der Waals surface area (Å²) in [5.41, 5.74) is 2.33. The highest BCUT2D eigenvalue weighted by Gasteiger charge is 2.33. The molecule has 122 valence electrons. The summed E-state index contributed by atoms with van der Waals surface area (Å²) >= 11 is 0. The third-order valence-electron chi connectivity index (χ3n) is 4.06. The monoisotopic (exact) mass is 322 g/mol. The van der Waals surface area contributed by atoms with Crippen molar-refractivity contribution in [2.24, 2.45) is 5.92 Å². The number of carbonyl (C=O) groups excluding carboxylic acids is 1. The summed E-state index contributed by atoms with van der Waals surface area (Å²) in [6, 6.07) is 11.8. The van der Waals surface area contributed by atoms with E-state index in [4.69, 9.17) is 4.42 Å². The maximum Gasteiger partial charge on any atom is 0.253 e. The summed E-state index contributed by atoms with van der Waals surface area (Å²) in [6.07, 6.45) is 3.41. The second kappa shape index (κ2) is 5.96. The molecule has 2 aromatic heterocycles. The number of aryl methyl sites for hydroxylation is 1. The van der Waals surface area contributed by atoms with Crippen molar-refractivity contribution in [3.05, 3.63) is 53.8 Å². The van der Waals surface area contributed by atoms with Crippen LogP contribution in [0.4, 0.5) is 5.95 Å². The molecule has 1 saturated carbocycles. The lowest BCUT2D eigenvalue weighted by atomic mass is 10.1. The SMILES string of the molecule is Cc1ccc(CNc2nc(-c3ccco3)nn2C(=O)C2CC2)cc1. The number of hydrogen-bond donors (Lipinski definition) is 1. The Balaban J connectivity index is 1.60. The summed E-state index contributed by atoms with van der Waals surface area (Å²) in [5.74, 6) is 1.48. The molecule has 0 amide bonds. The highest BCUT2D eigenvalue weighted by Crippen LogP contribution is 2.32. The van der Waals surface area contributed by atoms with Gasteiger partial charge in [0, 0.05) is 12.5 Å². The van der Waals surface area contributed by atoms with E-state index >= 15 is 0 Å². The van der Waals surface area contributed by atoms with Gasteiger partial charge in [-0.15, -0.1) is 5.10 Å². The zero-order chi connectivity index (χ0) is 16.5. The lowest BCUT2D eigenvalue weighted by molar-refractivity contribution is 0.0872. The van der Waals surface area contributed by atoms with E-state index in [0.29, 0.717) is 24.1 Å². The Kier molecular flexibility index (Phi) is 3.65. The number of benzene rings is 1. The van der Waals surface area contributed by atoms with Gasteiger partial charge in [-0.25, -0.2) is 0 Å². The van der Waals surface area contributed by atoms with Crippen LogP contribution in [0.2, 0.25) is 0 Å². The average Bonchev–Trinajstić information content (AvgIpc) is 3.13. The van der Waals surface area contributed by atoms with E-state index in [9.17, 15) is 4.79 Å². The fourth-order valence-corrected chi connectivity index (χ4v) is 2.48. The molecule has 1 N–H and O–H groups in total. The Morgan fingerprint density at radius 1 is 1.29 bits per heavy atom. The Morgan fingerprint density at radius 3 is 2.75 bits per heavy atom. The largest absolute Gasteiger partial charge is 0.461 e.